The van der Waals surface area contributed by atoms with Crippen LogP contribution in [0.1, 0.15) is 0 Å². The van der Waals surface area contributed by atoms with Gasteiger partial charge in [0, 0.05) is 53.3 Å². The zero-order chi connectivity index (χ0) is 40.7. The van der Waals surface area contributed by atoms with Crippen LogP contribution in [0.2, 0.25) is 0 Å². The molecule has 0 atom stereocenters. The van der Waals surface area contributed by atoms with Crippen LogP contribution in [0.25, 0.3) is 125 Å². The van der Waals surface area contributed by atoms with Crippen molar-refractivity contribution in [2.45, 2.75) is 0 Å². The molecular weight excluding hydrogens is 773 g/mol. The molecule has 5 heteroatoms. The second-order valence-corrected chi connectivity index (χ2v) is 17.0. The average Bonchev–Trinajstić information content (AvgIpc) is 3.89. The van der Waals surface area contributed by atoms with Crippen molar-refractivity contribution in [1.29, 1.82) is 0 Å². The van der Waals surface area contributed by atoms with Gasteiger partial charge in [-0.3, -0.25) is 0 Å². The summed E-state index contributed by atoms with van der Waals surface area (Å²) in [4.78, 5) is 15.7. The van der Waals surface area contributed by atoms with Gasteiger partial charge in [0.05, 0.1) is 11.0 Å². The van der Waals surface area contributed by atoms with Crippen LogP contribution in [0.4, 0.5) is 0 Å². The Kier molecular flexibility index (Phi) is 7.74. The van der Waals surface area contributed by atoms with E-state index < -0.39 is 0 Å². The highest BCUT2D eigenvalue weighted by Gasteiger charge is 2.20. The first kappa shape index (κ1) is 34.8. The quantitative estimate of drug-likeness (QED) is 0.163. The number of hydrogen-bond acceptors (Lipinski definition) is 4. The topological polar surface area (TPSA) is 43.6 Å². The van der Waals surface area contributed by atoms with Crippen molar-refractivity contribution in [3.63, 3.8) is 0 Å². The molecule has 0 bridgehead atoms. The van der Waals surface area contributed by atoms with Crippen LogP contribution in [-0.2, 0) is 0 Å². The average molecular weight is 807 g/mol. The number of thiophene rings is 1. The molecule has 0 amide bonds. The molecule has 0 aliphatic heterocycles. The maximum absolute atomic E-state index is 5.30. The van der Waals surface area contributed by atoms with E-state index in [4.69, 9.17) is 15.0 Å². The Bertz CT molecular complexity index is 3890. The summed E-state index contributed by atoms with van der Waals surface area (Å²) in [5.74, 6) is 1.92. The fraction of sp³-hybridized carbons (Fsp3) is 0. The lowest BCUT2D eigenvalue weighted by Crippen LogP contribution is -2.02. The van der Waals surface area contributed by atoms with Crippen LogP contribution in [0.3, 0.4) is 0 Å². The van der Waals surface area contributed by atoms with Gasteiger partial charge in [0.25, 0.3) is 0 Å². The molecule has 10 aromatic carbocycles. The Labute approximate surface area is 360 Å². The largest absolute Gasteiger partial charge is 0.309 e. The summed E-state index contributed by atoms with van der Waals surface area (Å²) in [6, 6.07) is 73.9. The molecule has 0 N–H and O–H groups in total. The van der Waals surface area contributed by atoms with Crippen molar-refractivity contribution in [2.24, 2.45) is 0 Å². The van der Waals surface area contributed by atoms with Crippen LogP contribution >= 0.6 is 11.3 Å². The number of nitrogens with zero attached hydrogens (tertiary/aromatic N) is 4. The summed E-state index contributed by atoms with van der Waals surface area (Å²) in [7, 11) is 0. The Hall–Kier alpha value is -7.99. The maximum Gasteiger partial charge on any atom is 0.166 e. The second kappa shape index (κ2) is 13.8. The molecule has 3 heterocycles. The molecule has 0 radical (unpaired) electrons. The molecule has 0 unspecified atom stereocenters. The molecule has 13 aromatic rings. The zero-order valence-corrected chi connectivity index (χ0v) is 34.1. The van der Waals surface area contributed by atoms with E-state index in [9.17, 15) is 0 Å². The molecule has 13 rings (SSSR count). The fourth-order valence-electron chi connectivity index (χ4n) is 9.57. The number of hydrogen-bond donors (Lipinski definition) is 0. The summed E-state index contributed by atoms with van der Waals surface area (Å²) in [6.07, 6.45) is 0. The third-order valence-corrected chi connectivity index (χ3v) is 13.5. The third kappa shape index (κ3) is 5.42. The van der Waals surface area contributed by atoms with Crippen molar-refractivity contribution in [3.05, 3.63) is 206 Å². The Balaban J connectivity index is 0.960. The molecule has 62 heavy (non-hydrogen) atoms. The van der Waals surface area contributed by atoms with Crippen molar-refractivity contribution in [3.8, 4) is 51.0 Å². The molecular formula is C57H34N4S. The van der Waals surface area contributed by atoms with Gasteiger partial charge in [0.15, 0.2) is 17.5 Å². The fourth-order valence-corrected chi connectivity index (χ4v) is 10.8. The predicted octanol–water partition coefficient (Wildman–Crippen LogP) is 15.5. The van der Waals surface area contributed by atoms with Crippen LogP contribution < -0.4 is 0 Å². The first-order chi connectivity index (χ1) is 30.7. The standard InChI is InChI=1S/C57H34N4S/c1-3-14-35(15-4-1)55-58-56(60-57(59-55)49-24-13-23-48-45-22-11-12-25-51(45)61(54(48)49)39-16-5-2-6-17-39)38-28-31-47-46-30-27-37(33-52(46)62-53(47)34-38)36-26-29-44-42-20-8-7-18-40(42)41-19-9-10-21-43(41)50(44)32-36/h1-34H. The molecule has 0 spiro atoms. The first-order valence-electron chi connectivity index (χ1n) is 20.9. The van der Waals surface area contributed by atoms with E-state index in [-0.39, 0.29) is 0 Å². The summed E-state index contributed by atoms with van der Waals surface area (Å²) >= 11 is 1.82. The minimum absolute atomic E-state index is 0.636. The van der Waals surface area contributed by atoms with Gasteiger partial charge in [0.2, 0.25) is 0 Å². The van der Waals surface area contributed by atoms with E-state index in [0.717, 1.165) is 38.8 Å². The summed E-state index contributed by atoms with van der Waals surface area (Å²) in [5.41, 5.74) is 8.57. The van der Waals surface area contributed by atoms with E-state index in [1.54, 1.807) is 0 Å². The number of benzene rings is 10. The Morgan fingerprint density at radius 3 is 1.48 bits per heavy atom. The lowest BCUT2D eigenvalue weighted by molar-refractivity contribution is 1.07. The molecule has 0 aliphatic rings. The van der Waals surface area contributed by atoms with E-state index in [0.29, 0.717) is 17.5 Å². The highest BCUT2D eigenvalue weighted by atomic mass is 32.1. The summed E-state index contributed by atoms with van der Waals surface area (Å²) < 4.78 is 4.78. The van der Waals surface area contributed by atoms with Gasteiger partial charge in [-0.1, -0.05) is 164 Å². The summed E-state index contributed by atoms with van der Waals surface area (Å²) in [5, 5.41) is 12.5. The van der Waals surface area contributed by atoms with Gasteiger partial charge in [-0.25, -0.2) is 15.0 Å². The van der Waals surface area contributed by atoms with Gasteiger partial charge >= 0.3 is 0 Å². The monoisotopic (exact) mass is 806 g/mol. The first-order valence-corrected chi connectivity index (χ1v) is 21.7. The maximum atomic E-state index is 5.30. The minimum Gasteiger partial charge on any atom is -0.309 e. The highest BCUT2D eigenvalue weighted by molar-refractivity contribution is 7.25. The highest BCUT2D eigenvalue weighted by Crippen LogP contribution is 2.42. The van der Waals surface area contributed by atoms with Crippen molar-refractivity contribution in [1.82, 2.24) is 19.5 Å². The molecule has 4 nitrogen and oxygen atoms in total. The van der Waals surface area contributed by atoms with Gasteiger partial charge < -0.3 is 4.57 Å². The van der Waals surface area contributed by atoms with E-state index >= 15 is 0 Å². The Morgan fingerprint density at radius 1 is 0.306 bits per heavy atom. The van der Waals surface area contributed by atoms with Crippen molar-refractivity contribution in [2.75, 3.05) is 0 Å². The lowest BCUT2D eigenvalue weighted by atomic mass is 9.92. The van der Waals surface area contributed by atoms with Gasteiger partial charge in [0.1, 0.15) is 0 Å². The minimum atomic E-state index is 0.636. The molecule has 0 saturated heterocycles. The molecule has 0 aliphatic carbocycles. The SMILES string of the molecule is c1ccc(-c2nc(-c3ccc4c(c3)sc3cc(-c5ccc6c7ccccc7c7ccccc7c6c5)ccc34)nc(-c3cccc4c5ccccc5n(-c5ccccc5)c34)n2)cc1. The smallest absolute Gasteiger partial charge is 0.166 e. The predicted molar refractivity (Wildman–Crippen MR) is 261 cm³/mol. The molecule has 288 valence electrons. The lowest BCUT2D eigenvalue weighted by Gasteiger charge is -2.12. The third-order valence-electron chi connectivity index (χ3n) is 12.4. The Morgan fingerprint density at radius 2 is 0.790 bits per heavy atom. The van der Waals surface area contributed by atoms with Gasteiger partial charge in [-0.2, -0.15) is 0 Å². The normalized spacial score (nSPS) is 11.9. The van der Waals surface area contributed by atoms with Gasteiger partial charge in [-0.15, -0.1) is 11.3 Å². The number of rotatable bonds is 5. The summed E-state index contributed by atoms with van der Waals surface area (Å²) in [6.45, 7) is 0. The molecule has 0 fully saturated rings. The number of fused-ring (bicyclic) bond motifs is 12. The van der Waals surface area contributed by atoms with E-state index in [1.807, 2.05) is 29.5 Å². The number of aromatic nitrogens is 4. The molecule has 3 aromatic heterocycles. The van der Waals surface area contributed by atoms with Crippen LogP contribution in [0, 0.1) is 0 Å². The van der Waals surface area contributed by atoms with Crippen molar-refractivity contribution >= 4 is 85.6 Å². The second-order valence-electron chi connectivity index (χ2n) is 15.9. The zero-order valence-electron chi connectivity index (χ0n) is 33.3. The van der Waals surface area contributed by atoms with Crippen LogP contribution in [-0.4, -0.2) is 19.5 Å². The van der Waals surface area contributed by atoms with E-state index in [1.165, 1.54) is 69.0 Å². The van der Waals surface area contributed by atoms with Gasteiger partial charge in [-0.05, 0) is 85.9 Å². The molecule has 0 saturated carbocycles. The van der Waals surface area contributed by atoms with Crippen LogP contribution in [0.15, 0.2) is 206 Å². The van der Waals surface area contributed by atoms with E-state index in [2.05, 4.69) is 193 Å². The van der Waals surface area contributed by atoms with Crippen molar-refractivity contribution < 1.29 is 0 Å². The van der Waals surface area contributed by atoms with Crippen LogP contribution in [0.5, 0.6) is 0 Å². The number of para-hydroxylation sites is 3.